The van der Waals surface area contributed by atoms with Crippen molar-refractivity contribution in [2.75, 3.05) is 65.4 Å². The van der Waals surface area contributed by atoms with Gasteiger partial charge in [-0.1, -0.05) is 6.07 Å². The molecular weight excluding hydrogens is 420 g/mol. The lowest BCUT2D eigenvalue weighted by Gasteiger charge is -2.54. The molecule has 3 aliphatic heterocycles. The molecule has 2 atom stereocenters. The Morgan fingerprint density at radius 1 is 1.29 bits per heavy atom. The fraction of sp³-hybridized carbons (Fsp3) is 0.714. The van der Waals surface area contributed by atoms with Gasteiger partial charge in [0.25, 0.3) is 0 Å². The topological polar surface area (TPSA) is 92.3 Å². The predicted molar refractivity (Wildman–Crippen MR) is 115 cm³/mol. The van der Waals surface area contributed by atoms with Crippen LogP contribution in [0.2, 0.25) is 0 Å². The molecule has 0 radical (unpaired) electrons. The Morgan fingerprint density at radius 2 is 2.10 bits per heavy atom. The third-order valence-electron chi connectivity index (χ3n) is 6.73. The lowest BCUT2D eigenvalue weighted by molar-refractivity contribution is -0.155. The van der Waals surface area contributed by atoms with Crippen molar-refractivity contribution in [3.05, 3.63) is 30.1 Å². The molecule has 0 spiro atoms. The number of aromatic nitrogens is 1. The number of pyridine rings is 1. The highest BCUT2D eigenvalue weighted by Gasteiger charge is 2.58. The molecule has 1 aromatic rings. The second kappa shape index (κ2) is 9.50. The molecule has 9 nitrogen and oxygen atoms in total. The van der Waals surface area contributed by atoms with Gasteiger partial charge in [-0.25, -0.2) is 8.42 Å². The van der Waals surface area contributed by atoms with Gasteiger partial charge in [-0.05, 0) is 25.0 Å². The number of amides is 1. The minimum Gasteiger partial charge on any atom is -0.383 e. The summed E-state index contributed by atoms with van der Waals surface area (Å²) in [6.45, 7) is 4.65. The van der Waals surface area contributed by atoms with E-state index in [1.54, 1.807) is 17.6 Å². The van der Waals surface area contributed by atoms with Crippen LogP contribution < -0.4 is 0 Å². The summed E-state index contributed by atoms with van der Waals surface area (Å²) in [6, 6.07) is 5.48. The minimum atomic E-state index is -3.42. The van der Waals surface area contributed by atoms with E-state index in [4.69, 9.17) is 9.47 Å². The number of sulfonamides is 1. The van der Waals surface area contributed by atoms with Gasteiger partial charge >= 0.3 is 0 Å². The molecule has 3 aliphatic rings. The smallest absolute Gasteiger partial charge is 0.231 e. The lowest BCUT2D eigenvalue weighted by atomic mass is 9.71. The van der Waals surface area contributed by atoms with Gasteiger partial charge in [-0.15, -0.1) is 0 Å². The predicted octanol–water partition coefficient (Wildman–Crippen LogP) is 0.183. The first-order valence-corrected chi connectivity index (χ1v) is 12.5. The summed E-state index contributed by atoms with van der Waals surface area (Å²) in [7, 11) is -1.85. The monoisotopic (exact) mass is 452 g/mol. The van der Waals surface area contributed by atoms with Gasteiger partial charge in [-0.2, -0.15) is 4.31 Å². The quantitative estimate of drug-likeness (QED) is 0.608. The fourth-order valence-corrected chi connectivity index (χ4v) is 7.09. The van der Waals surface area contributed by atoms with Gasteiger partial charge in [-0.3, -0.25) is 14.7 Å². The number of piperidine rings is 1. The van der Waals surface area contributed by atoms with E-state index in [2.05, 4.69) is 9.88 Å². The second-order valence-electron chi connectivity index (χ2n) is 8.57. The SMILES string of the molecule is COCCN1[C@@H]2CCN(Cc3ccccn3)C[C@@]2(C(=O)N2CCOCC2)CCS1(=O)=O. The lowest BCUT2D eigenvalue weighted by Crippen LogP contribution is -2.69. The Balaban J connectivity index is 1.64. The van der Waals surface area contributed by atoms with Crippen molar-refractivity contribution >= 4 is 15.9 Å². The molecular formula is C21H32N4O5S. The molecule has 3 fully saturated rings. The number of morpholine rings is 1. The Hall–Kier alpha value is -1.59. The molecule has 1 aromatic heterocycles. The summed E-state index contributed by atoms with van der Waals surface area (Å²) in [5, 5.41) is 0. The molecule has 1 amide bonds. The Kier molecular flexibility index (Phi) is 6.92. The Morgan fingerprint density at radius 3 is 2.81 bits per heavy atom. The molecule has 4 rings (SSSR count). The number of methoxy groups -OCH3 is 1. The van der Waals surface area contributed by atoms with E-state index in [0.717, 1.165) is 12.2 Å². The first-order valence-electron chi connectivity index (χ1n) is 10.9. The van der Waals surface area contributed by atoms with Crippen LogP contribution in [0.4, 0.5) is 0 Å². The van der Waals surface area contributed by atoms with Crippen LogP contribution in [0, 0.1) is 5.41 Å². The number of carbonyl (C=O) groups is 1. The Labute approximate surface area is 184 Å². The average Bonchev–Trinajstić information content (AvgIpc) is 2.79. The van der Waals surface area contributed by atoms with E-state index >= 15 is 0 Å². The van der Waals surface area contributed by atoms with E-state index in [9.17, 15) is 13.2 Å². The van der Waals surface area contributed by atoms with Crippen LogP contribution in [0.3, 0.4) is 0 Å². The van der Waals surface area contributed by atoms with E-state index < -0.39 is 15.4 Å². The van der Waals surface area contributed by atoms with Crippen LogP contribution in [0.25, 0.3) is 0 Å². The molecule has 0 N–H and O–H groups in total. The molecule has 0 bridgehead atoms. The van der Waals surface area contributed by atoms with Crippen molar-refractivity contribution in [3.63, 3.8) is 0 Å². The minimum absolute atomic E-state index is 0.0132. The van der Waals surface area contributed by atoms with E-state index in [1.165, 1.54) is 0 Å². The molecule has 0 aliphatic carbocycles. The molecule has 172 valence electrons. The standard InChI is InChI=1S/C21H32N4O5S/c1-29-12-11-25-19-5-8-23(16-18-4-2-3-7-22-18)17-21(19,6-15-31(25,27)28)20(26)24-9-13-30-14-10-24/h2-4,7,19H,5-6,8-17H2,1H3/t19-,21+/m1/s1. The number of carbonyl (C=O) groups excluding carboxylic acids is 1. The van der Waals surface area contributed by atoms with Crippen molar-refractivity contribution in [1.82, 2.24) is 19.1 Å². The highest BCUT2D eigenvalue weighted by Crippen LogP contribution is 2.44. The fourth-order valence-electron chi connectivity index (χ4n) is 5.18. The second-order valence-corrected chi connectivity index (χ2v) is 10.6. The van der Waals surface area contributed by atoms with Gasteiger partial charge in [0.15, 0.2) is 0 Å². The molecule has 0 saturated carbocycles. The summed E-state index contributed by atoms with van der Waals surface area (Å²) in [4.78, 5) is 22.5. The number of fused-ring (bicyclic) bond motifs is 1. The van der Waals surface area contributed by atoms with E-state index in [0.29, 0.717) is 58.8 Å². The van der Waals surface area contributed by atoms with Crippen molar-refractivity contribution < 1.29 is 22.7 Å². The summed E-state index contributed by atoms with van der Waals surface area (Å²) in [5.41, 5.74) is 0.193. The Bertz CT molecular complexity index is 862. The van der Waals surface area contributed by atoms with Crippen molar-refractivity contribution in [2.24, 2.45) is 5.41 Å². The summed E-state index contributed by atoms with van der Waals surface area (Å²) < 4.78 is 38.1. The third-order valence-corrected chi connectivity index (χ3v) is 8.60. The van der Waals surface area contributed by atoms with Crippen LogP contribution in [-0.4, -0.2) is 105 Å². The normalized spacial score (nSPS) is 29.5. The van der Waals surface area contributed by atoms with Gasteiger partial charge in [0.1, 0.15) is 0 Å². The zero-order chi connectivity index (χ0) is 21.9. The van der Waals surface area contributed by atoms with Gasteiger partial charge in [0, 0.05) is 58.6 Å². The summed E-state index contributed by atoms with van der Waals surface area (Å²) in [5.74, 6) is 0.0459. The van der Waals surface area contributed by atoms with Crippen LogP contribution in [0.5, 0.6) is 0 Å². The maximum absolute atomic E-state index is 13.9. The first-order chi connectivity index (χ1) is 15.0. The average molecular weight is 453 g/mol. The third kappa shape index (κ3) is 4.63. The largest absolute Gasteiger partial charge is 0.383 e. The zero-order valence-electron chi connectivity index (χ0n) is 18.1. The number of ether oxygens (including phenoxy) is 2. The van der Waals surface area contributed by atoms with E-state index in [1.807, 2.05) is 23.1 Å². The van der Waals surface area contributed by atoms with Crippen LogP contribution in [0.1, 0.15) is 18.5 Å². The van der Waals surface area contributed by atoms with Crippen LogP contribution >= 0.6 is 0 Å². The van der Waals surface area contributed by atoms with Gasteiger partial charge in [0.05, 0.1) is 36.7 Å². The van der Waals surface area contributed by atoms with Crippen molar-refractivity contribution in [1.29, 1.82) is 0 Å². The van der Waals surface area contributed by atoms with Gasteiger partial charge in [0.2, 0.25) is 15.9 Å². The molecule has 0 unspecified atom stereocenters. The number of hydrogen-bond donors (Lipinski definition) is 0. The number of hydrogen-bond acceptors (Lipinski definition) is 7. The van der Waals surface area contributed by atoms with Crippen LogP contribution in [-0.2, 0) is 30.8 Å². The van der Waals surface area contributed by atoms with Crippen molar-refractivity contribution in [2.45, 2.75) is 25.4 Å². The molecule has 10 heteroatoms. The molecule has 31 heavy (non-hydrogen) atoms. The number of nitrogens with zero attached hydrogens (tertiary/aromatic N) is 4. The first kappa shape index (κ1) is 22.6. The highest BCUT2D eigenvalue weighted by atomic mass is 32.2. The molecule has 0 aromatic carbocycles. The highest BCUT2D eigenvalue weighted by molar-refractivity contribution is 7.89. The van der Waals surface area contributed by atoms with Crippen LogP contribution in [0.15, 0.2) is 24.4 Å². The maximum atomic E-state index is 13.9. The van der Waals surface area contributed by atoms with Crippen molar-refractivity contribution in [3.8, 4) is 0 Å². The van der Waals surface area contributed by atoms with E-state index in [-0.39, 0.29) is 24.2 Å². The molecule has 3 saturated heterocycles. The maximum Gasteiger partial charge on any atom is 0.231 e. The molecule has 4 heterocycles. The zero-order valence-corrected chi connectivity index (χ0v) is 18.9. The summed E-state index contributed by atoms with van der Waals surface area (Å²) in [6.07, 6.45) is 2.74. The van der Waals surface area contributed by atoms with Gasteiger partial charge < -0.3 is 14.4 Å². The summed E-state index contributed by atoms with van der Waals surface area (Å²) >= 11 is 0. The number of rotatable bonds is 6. The number of likely N-dealkylation sites (tertiary alicyclic amines) is 1.